The first-order valence-corrected chi connectivity index (χ1v) is 5.76. The molecule has 0 bridgehead atoms. The average Bonchev–Trinajstić information content (AvgIpc) is 2.17. The van der Waals surface area contributed by atoms with Crippen LogP contribution in [-0.4, -0.2) is 63.4 Å². The van der Waals surface area contributed by atoms with E-state index in [2.05, 4.69) is 21.3 Å². The molecule has 1 fully saturated rings. The minimum atomic E-state index is -0.833. The van der Waals surface area contributed by atoms with Crippen molar-refractivity contribution in [3.63, 3.8) is 0 Å². The molecular weight excluding hydrogens is 208 g/mol. The fourth-order valence-corrected chi connectivity index (χ4v) is 1.21. The summed E-state index contributed by atoms with van der Waals surface area (Å²) in [6, 6.07) is 0. The molecule has 1 aliphatic rings. The number of hydrogen-bond donors (Lipinski definition) is 5. The first-order valence-electron chi connectivity index (χ1n) is 5.76. The van der Waals surface area contributed by atoms with Gasteiger partial charge in [0, 0.05) is 59.3 Å². The van der Waals surface area contributed by atoms with E-state index in [-0.39, 0.29) is 0 Å². The maximum absolute atomic E-state index is 9.00. The Morgan fingerprint density at radius 3 is 1.00 bits per heavy atom. The van der Waals surface area contributed by atoms with E-state index in [0.29, 0.717) is 0 Å². The van der Waals surface area contributed by atoms with Crippen LogP contribution >= 0.6 is 0 Å². The summed E-state index contributed by atoms with van der Waals surface area (Å²) in [4.78, 5) is 9.00. The molecule has 6 heteroatoms. The summed E-state index contributed by atoms with van der Waals surface area (Å²) in [7, 11) is 0. The Labute approximate surface area is 97.2 Å². The quantitative estimate of drug-likeness (QED) is 0.348. The van der Waals surface area contributed by atoms with Crippen molar-refractivity contribution in [3.8, 4) is 0 Å². The van der Waals surface area contributed by atoms with Crippen LogP contribution < -0.4 is 21.3 Å². The Morgan fingerprint density at radius 2 is 0.875 bits per heavy atom. The highest BCUT2D eigenvalue weighted by Crippen LogP contribution is 1.65. The normalized spacial score (nSPS) is 19.6. The van der Waals surface area contributed by atoms with Crippen molar-refractivity contribution in [1.82, 2.24) is 21.3 Å². The number of carboxylic acids is 1. The molecule has 0 atom stereocenters. The van der Waals surface area contributed by atoms with Crippen molar-refractivity contribution >= 4 is 5.97 Å². The Hall–Kier alpha value is -0.690. The summed E-state index contributed by atoms with van der Waals surface area (Å²) < 4.78 is 0. The number of carboxylic acid groups (broad SMARTS) is 1. The van der Waals surface area contributed by atoms with Crippen LogP contribution in [0.25, 0.3) is 0 Å². The van der Waals surface area contributed by atoms with Gasteiger partial charge in [0.05, 0.1) is 0 Å². The zero-order valence-corrected chi connectivity index (χ0v) is 10.0. The highest BCUT2D eigenvalue weighted by Gasteiger charge is 1.92. The minimum Gasteiger partial charge on any atom is -0.481 e. The van der Waals surface area contributed by atoms with Crippen LogP contribution in [0.2, 0.25) is 0 Å². The third-order valence-corrected chi connectivity index (χ3v) is 1.91. The lowest BCUT2D eigenvalue weighted by Crippen LogP contribution is -2.39. The molecule has 1 rings (SSSR count). The van der Waals surface area contributed by atoms with Gasteiger partial charge >= 0.3 is 0 Å². The molecule has 0 unspecified atom stereocenters. The van der Waals surface area contributed by atoms with Crippen molar-refractivity contribution in [2.24, 2.45) is 0 Å². The molecule has 96 valence electrons. The SMILES string of the molecule is C1CNCCNCCNCCN1.CC(=O)O. The molecule has 1 heterocycles. The highest BCUT2D eigenvalue weighted by atomic mass is 16.4. The monoisotopic (exact) mass is 232 g/mol. The molecule has 0 aliphatic carbocycles. The van der Waals surface area contributed by atoms with Gasteiger partial charge in [-0.1, -0.05) is 0 Å². The van der Waals surface area contributed by atoms with Gasteiger partial charge in [0.15, 0.2) is 0 Å². The molecule has 1 aliphatic heterocycles. The number of hydrogen-bond acceptors (Lipinski definition) is 5. The standard InChI is InChI=1S/C8H20N4.C2H4O2/c1-2-10-5-6-12-8-7-11-4-3-9-1;1-2(3)4/h9-12H,1-8H2;1H3,(H,3,4). The van der Waals surface area contributed by atoms with Crippen molar-refractivity contribution in [2.75, 3.05) is 52.4 Å². The minimum absolute atomic E-state index is 0.833. The van der Waals surface area contributed by atoms with Gasteiger partial charge in [-0.25, -0.2) is 0 Å². The van der Waals surface area contributed by atoms with Crippen molar-refractivity contribution < 1.29 is 9.90 Å². The van der Waals surface area contributed by atoms with Crippen LogP contribution in [0.5, 0.6) is 0 Å². The number of aliphatic carboxylic acids is 1. The first-order chi connectivity index (χ1) is 7.73. The summed E-state index contributed by atoms with van der Waals surface area (Å²) in [5.41, 5.74) is 0. The number of rotatable bonds is 0. The Morgan fingerprint density at radius 1 is 0.750 bits per heavy atom. The first kappa shape index (κ1) is 15.3. The topological polar surface area (TPSA) is 85.4 Å². The summed E-state index contributed by atoms with van der Waals surface area (Å²) in [6.45, 7) is 9.65. The van der Waals surface area contributed by atoms with Crippen LogP contribution in [0.1, 0.15) is 6.92 Å². The second kappa shape index (κ2) is 12.4. The van der Waals surface area contributed by atoms with Gasteiger partial charge in [-0.05, 0) is 0 Å². The summed E-state index contributed by atoms with van der Waals surface area (Å²) >= 11 is 0. The molecule has 0 aromatic carbocycles. The summed E-state index contributed by atoms with van der Waals surface area (Å²) in [6.07, 6.45) is 0. The zero-order valence-electron chi connectivity index (χ0n) is 10.0. The number of nitrogens with one attached hydrogen (secondary N) is 4. The van der Waals surface area contributed by atoms with E-state index in [0.717, 1.165) is 59.3 Å². The molecule has 5 N–H and O–H groups in total. The van der Waals surface area contributed by atoms with E-state index in [9.17, 15) is 0 Å². The molecule has 6 nitrogen and oxygen atoms in total. The van der Waals surface area contributed by atoms with Gasteiger partial charge in [-0.2, -0.15) is 0 Å². The molecule has 16 heavy (non-hydrogen) atoms. The highest BCUT2D eigenvalue weighted by molar-refractivity contribution is 5.62. The Kier molecular flexibility index (Phi) is 11.8. The van der Waals surface area contributed by atoms with Crippen LogP contribution in [0.4, 0.5) is 0 Å². The van der Waals surface area contributed by atoms with Gasteiger partial charge in [-0.15, -0.1) is 0 Å². The third kappa shape index (κ3) is 15.8. The number of carbonyl (C=O) groups is 1. The lowest BCUT2D eigenvalue weighted by Gasteiger charge is -2.11. The van der Waals surface area contributed by atoms with Crippen molar-refractivity contribution in [2.45, 2.75) is 6.92 Å². The molecule has 0 aromatic heterocycles. The smallest absolute Gasteiger partial charge is 0.300 e. The van der Waals surface area contributed by atoms with Crippen LogP contribution in [-0.2, 0) is 4.79 Å². The second-order valence-corrected chi connectivity index (χ2v) is 3.52. The predicted molar refractivity (Wildman–Crippen MR) is 64.8 cm³/mol. The van der Waals surface area contributed by atoms with Gasteiger partial charge in [0.2, 0.25) is 0 Å². The average molecular weight is 232 g/mol. The summed E-state index contributed by atoms with van der Waals surface area (Å²) in [5, 5.41) is 20.8. The maximum Gasteiger partial charge on any atom is 0.300 e. The van der Waals surface area contributed by atoms with Gasteiger partial charge < -0.3 is 26.4 Å². The molecular formula is C10H24N4O2. The molecule has 0 radical (unpaired) electrons. The molecule has 1 saturated heterocycles. The van der Waals surface area contributed by atoms with Gasteiger partial charge in [-0.3, -0.25) is 4.79 Å². The Bertz CT molecular complexity index is 120. The molecule has 0 amide bonds. The zero-order chi connectivity index (χ0) is 12.1. The van der Waals surface area contributed by atoms with Crippen LogP contribution in [0, 0.1) is 0 Å². The lowest BCUT2D eigenvalue weighted by molar-refractivity contribution is -0.134. The Balaban J connectivity index is 0.000000487. The van der Waals surface area contributed by atoms with E-state index >= 15 is 0 Å². The lowest BCUT2D eigenvalue weighted by atomic mass is 10.4. The maximum atomic E-state index is 9.00. The second-order valence-electron chi connectivity index (χ2n) is 3.52. The van der Waals surface area contributed by atoms with Crippen molar-refractivity contribution in [3.05, 3.63) is 0 Å². The van der Waals surface area contributed by atoms with E-state index in [1.54, 1.807) is 0 Å². The third-order valence-electron chi connectivity index (χ3n) is 1.91. The van der Waals surface area contributed by atoms with E-state index in [4.69, 9.17) is 9.90 Å². The largest absolute Gasteiger partial charge is 0.481 e. The van der Waals surface area contributed by atoms with E-state index < -0.39 is 5.97 Å². The molecule has 0 aromatic rings. The van der Waals surface area contributed by atoms with Crippen molar-refractivity contribution in [1.29, 1.82) is 0 Å². The fourth-order valence-electron chi connectivity index (χ4n) is 1.21. The fraction of sp³-hybridized carbons (Fsp3) is 0.900. The van der Waals surface area contributed by atoms with Crippen LogP contribution in [0.15, 0.2) is 0 Å². The molecule has 0 saturated carbocycles. The van der Waals surface area contributed by atoms with E-state index in [1.807, 2.05) is 0 Å². The molecule has 0 spiro atoms. The summed E-state index contributed by atoms with van der Waals surface area (Å²) in [5.74, 6) is -0.833. The van der Waals surface area contributed by atoms with Gasteiger partial charge in [0.25, 0.3) is 5.97 Å². The van der Waals surface area contributed by atoms with Crippen LogP contribution in [0.3, 0.4) is 0 Å². The van der Waals surface area contributed by atoms with E-state index in [1.165, 1.54) is 0 Å². The predicted octanol–water partition coefficient (Wildman–Crippen LogP) is -1.55. The van der Waals surface area contributed by atoms with Gasteiger partial charge in [0.1, 0.15) is 0 Å².